The van der Waals surface area contributed by atoms with E-state index in [0.29, 0.717) is 0 Å². The first-order valence-corrected chi connectivity index (χ1v) is 7.05. The summed E-state index contributed by atoms with van der Waals surface area (Å²) in [5, 5.41) is 3.58. The minimum absolute atomic E-state index is 0.0623. The molecule has 1 heterocycles. The van der Waals surface area contributed by atoms with Gasteiger partial charge in [0.15, 0.2) is 0 Å². The Kier molecular flexibility index (Phi) is 5.13. The second-order valence-corrected chi connectivity index (χ2v) is 4.83. The van der Waals surface area contributed by atoms with Gasteiger partial charge in [0.05, 0.1) is 13.2 Å². The van der Waals surface area contributed by atoms with Gasteiger partial charge in [0.2, 0.25) is 0 Å². The second kappa shape index (κ2) is 7.06. The van der Waals surface area contributed by atoms with E-state index in [4.69, 9.17) is 4.74 Å². The molecule has 0 bridgehead atoms. The van der Waals surface area contributed by atoms with Gasteiger partial charge < -0.3 is 10.1 Å². The number of ether oxygens (including phenoxy) is 1. The Bertz CT molecular complexity index is 554. The number of aryl methyl sites for hydroxylation is 1. The number of hydrogen-bond acceptors (Lipinski definition) is 3. The van der Waals surface area contributed by atoms with Crippen molar-refractivity contribution in [2.75, 3.05) is 13.7 Å². The van der Waals surface area contributed by atoms with Crippen LogP contribution in [-0.2, 0) is 0 Å². The maximum absolute atomic E-state index is 5.47. The van der Waals surface area contributed by atoms with Crippen LogP contribution < -0.4 is 10.1 Å². The van der Waals surface area contributed by atoms with Gasteiger partial charge in [-0.3, -0.25) is 4.98 Å². The first-order valence-electron chi connectivity index (χ1n) is 7.05. The Balaban J connectivity index is 2.44. The van der Waals surface area contributed by atoms with Crippen LogP contribution in [0.4, 0.5) is 0 Å². The Morgan fingerprint density at radius 3 is 2.70 bits per heavy atom. The van der Waals surface area contributed by atoms with Gasteiger partial charge in [-0.15, -0.1) is 0 Å². The predicted molar refractivity (Wildman–Crippen MR) is 82.1 cm³/mol. The summed E-state index contributed by atoms with van der Waals surface area (Å²) in [4.78, 5) is 4.53. The minimum atomic E-state index is 0.0623. The van der Waals surface area contributed by atoms with E-state index in [1.54, 1.807) is 7.11 Å². The molecule has 1 aromatic heterocycles. The Labute approximate surface area is 121 Å². The number of nitrogens with one attached hydrogen (secondary N) is 1. The lowest BCUT2D eigenvalue weighted by Gasteiger charge is -2.22. The van der Waals surface area contributed by atoms with E-state index in [0.717, 1.165) is 24.4 Å². The quantitative estimate of drug-likeness (QED) is 0.872. The highest BCUT2D eigenvalue weighted by atomic mass is 16.5. The molecule has 0 fully saturated rings. The molecule has 0 spiro atoms. The summed E-state index contributed by atoms with van der Waals surface area (Å²) >= 11 is 0. The Hall–Kier alpha value is -1.87. The molecule has 106 valence electrons. The zero-order chi connectivity index (χ0) is 14.4. The largest absolute Gasteiger partial charge is 0.495 e. The molecule has 2 aromatic rings. The van der Waals surface area contributed by atoms with Gasteiger partial charge in [-0.1, -0.05) is 31.2 Å². The smallest absolute Gasteiger partial charge is 0.142 e. The molecule has 0 aliphatic rings. The van der Waals surface area contributed by atoms with E-state index in [-0.39, 0.29) is 6.04 Å². The van der Waals surface area contributed by atoms with E-state index >= 15 is 0 Å². The maximum atomic E-state index is 5.47. The first-order chi connectivity index (χ1) is 9.77. The Morgan fingerprint density at radius 2 is 2.00 bits per heavy atom. The number of methoxy groups -OCH3 is 1. The van der Waals surface area contributed by atoms with Crippen LogP contribution in [0.15, 0.2) is 42.6 Å². The van der Waals surface area contributed by atoms with Gasteiger partial charge in [-0.2, -0.15) is 0 Å². The number of pyridine rings is 1. The summed E-state index contributed by atoms with van der Waals surface area (Å²) < 4.78 is 5.47. The number of benzene rings is 1. The summed E-state index contributed by atoms with van der Waals surface area (Å²) in [6.45, 7) is 5.24. The van der Waals surface area contributed by atoms with Crippen LogP contribution >= 0.6 is 0 Å². The summed E-state index contributed by atoms with van der Waals surface area (Å²) in [5.41, 5.74) is 3.45. The molecular formula is C17H22N2O. The van der Waals surface area contributed by atoms with Crippen LogP contribution in [-0.4, -0.2) is 18.6 Å². The molecule has 1 unspecified atom stereocenters. The van der Waals surface area contributed by atoms with Crippen molar-refractivity contribution in [3.8, 4) is 5.75 Å². The van der Waals surface area contributed by atoms with Gasteiger partial charge in [0.1, 0.15) is 11.4 Å². The number of rotatable bonds is 6. The van der Waals surface area contributed by atoms with Crippen molar-refractivity contribution < 1.29 is 4.74 Å². The number of hydrogen-bond donors (Lipinski definition) is 1. The first kappa shape index (κ1) is 14.5. The van der Waals surface area contributed by atoms with Crippen molar-refractivity contribution in [2.24, 2.45) is 0 Å². The summed E-state index contributed by atoms with van der Waals surface area (Å²) in [5.74, 6) is 0.823. The SMILES string of the molecule is CCCNC(c1ccccc1C)c1ncccc1OC. The molecule has 0 radical (unpaired) electrons. The predicted octanol–water partition coefficient (Wildman–Crippen LogP) is 3.49. The average Bonchev–Trinajstić information content (AvgIpc) is 2.49. The van der Waals surface area contributed by atoms with Gasteiger partial charge in [-0.25, -0.2) is 0 Å². The van der Waals surface area contributed by atoms with Crippen molar-refractivity contribution in [3.05, 3.63) is 59.4 Å². The summed E-state index contributed by atoms with van der Waals surface area (Å²) in [7, 11) is 1.69. The van der Waals surface area contributed by atoms with Gasteiger partial charge in [0, 0.05) is 6.20 Å². The van der Waals surface area contributed by atoms with Crippen molar-refractivity contribution in [2.45, 2.75) is 26.3 Å². The zero-order valence-electron chi connectivity index (χ0n) is 12.4. The van der Waals surface area contributed by atoms with Crippen LogP contribution in [0, 0.1) is 6.92 Å². The van der Waals surface area contributed by atoms with Gasteiger partial charge in [-0.05, 0) is 43.1 Å². The highest BCUT2D eigenvalue weighted by Gasteiger charge is 2.20. The van der Waals surface area contributed by atoms with E-state index in [1.807, 2.05) is 18.3 Å². The van der Waals surface area contributed by atoms with Crippen LogP contribution in [0.25, 0.3) is 0 Å². The van der Waals surface area contributed by atoms with Crippen LogP contribution in [0.2, 0.25) is 0 Å². The lowest BCUT2D eigenvalue weighted by Crippen LogP contribution is -2.25. The van der Waals surface area contributed by atoms with E-state index in [1.165, 1.54) is 11.1 Å². The molecule has 0 aliphatic heterocycles. The molecule has 0 saturated carbocycles. The third-order valence-corrected chi connectivity index (χ3v) is 3.39. The fourth-order valence-corrected chi connectivity index (χ4v) is 2.35. The van der Waals surface area contributed by atoms with Crippen molar-refractivity contribution >= 4 is 0 Å². The third kappa shape index (κ3) is 3.17. The van der Waals surface area contributed by atoms with Crippen LogP contribution in [0.1, 0.15) is 36.2 Å². The molecule has 1 atom stereocenters. The molecular weight excluding hydrogens is 248 g/mol. The van der Waals surface area contributed by atoms with E-state index in [2.05, 4.69) is 48.4 Å². The summed E-state index contributed by atoms with van der Waals surface area (Å²) in [6.07, 6.45) is 2.90. The molecule has 3 nitrogen and oxygen atoms in total. The van der Waals surface area contributed by atoms with E-state index < -0.39 is 0 Å². The molecule has 0 amide bonds. The minimum Gasteiger partial charge on any atom is -0.495 e. The molecule has 1 aromatic carbocycles. The molecule has 0 saturated heterocycles. The molecule has 3 heteroatoms. The maximum Gasteiger partial charge on any atom is 0.142 e. The van der Waals surface area contributed by atoms with Crippen LogP contribution in [0.3, 0.4) is 0 Å². The normalized spacial score (nSPS) is 12.2. The highest BCUT2D eigenvalue weighted by molar-refractivity contribution is 5.40. The van der Waals surface area contributed by atoms with Crippen molar-refractivity contribution in [1.29, 1.82) is 0 Å². The highest BCUT2D eigenvalue weighted by Crippen LogP contribution is 2.29. The third-order valence-electron chi connectivity index (χ3n) is 3.39. The lowest BCUT2D eigenvalue weighted by molar-refractivity contribution is 0.399. The standard InChI is InChI=1S/C17H22N2O/c1-4-11-18-16(14-9-6-5-8-13(14)2)17-15(20-3)10-7-12-19-17/h5-10,12,16,18H,4,11H2,1-3H3. The zero-order valence-corrected chi connectivity index (χ0v) is 12.4. The van der Waals surface area contributed by atoms with E-state index in [9.17, 15) is 0 Å². The Morgan fingerprint density at radius 1 is 1.20 bits per heavy atom. The topological polar surface area (TPSA) is 34.2 Å². The summed E-state index contributed by atoms with van der Waals surface area (Å²) in [6, 6.07) is 12.3. The number of aromatic nitrogens is 1. The molecule has 2 rings (SSSR count). The van der Waals surface area contributed by atoms with Crippen molar-refractivity contribution in [1.82, 2.24) is 10.3 Å². The van der Waals surface area contributed by atoms with Gasteiger partial charge >= 0.3 is 0 Å². The number of nitrogens with zero attached hydrogens (tertiary/aromatic N) is 1. The fraction of sp³-hybridized carbons (Fsp3) is 0.353. The monoisotopic (exact) mass is 270 g/mol. The van der Waals surface area contributed by atoms with Crippen molar-refractivity contribution in [3.63, 3.8) is 0 Å². The molecule has 1 N–H and O–H groups in total. The average molecular weight is 270 g/mol. The van der Waals surface area contributed by atoms with Crippen LogP contribution in [0.5, 0.6) is 5.75 Å². The fourth-order valence-electron chi connectivity index (χ4n) is 2.35. The second-order valence-electron chi connectivity index (χ2n) is 4.83. The molecule has 0 aliphatic carbocycles. The lowest BCUT2D eigenvalue weighted by atomic mass is 9.97. The molecule has 20 heavy (non-hydrogen) atoms. The van der Waals surface area contributed by atoms with Gasteiger partial charge in [0.25, 0.3) is 0 Å².